The van der Waals surface area contributed by atoms with Crippen LogP contribution in [-0.2, 0) is 23.1 Å². The summed E-state index contributed by atoms with van der Waals surface area (Å²) < 4.78 is 27.5. The van der Waals surface area contributed by atoms with E-state index in [0.29, 0.717) is 58.5 Å². The topological polar surface area (TPSA) is 123 Å². The third kappa shape index (κ3) is 7.77. The molecule has 228 valence electrons. The zero-order chi connectivity index (χ0) is 31.3. The Morgan fingerprint density at radius 3 is 2.27 bits per heavy atom. The number of carbonyl (C=O) groups is 1. The average molecular weight is 652 g/mol. The number of benzene rings is 4. The molecule has 1 saturated heterocycles. The second-order valence-corrected chi connectivity index (χ2v) is 13.0. The summed E-state index contributed by atoms with van der Waals surface area (Å²) in [7, 11) is -4.21. The van der Waals surface area contributed by atoms with Gasteiger partial charge in [0, 0.05) is 53.9 Å². The van der Waals surface area contributed by atoms with Crippen molar-refractivity contribution in [2.45, 2.75) is 18.0 Å². The first kappa shape index (κ1) is 31.5. The van der Waals surface area contributed by atoms with Gasteiger partial charge < -0.3 is 10.6 Å². The summed E-state index contributed by atoms with van der Waals surface area (Å²) in [6.07, 6.45) is 0. The summed E-state index contributed by atoms with van der Waals surface area (Å²) in [6, 6.07) is 27.8. The van der Waals surface area contributed by atoms with Crippen molar-refractivity contribution in [3.8, 4) is 11.1 Å². The fraction of sp³-hybridized carbons (Fsp3) is 0.188. The Morgan fingerprint density at radius 1 is 0.864 bits per heavy atom. The normalized spacial score (nSPS) is 13.9. The fourth-order valence-corrected chi connectivity index (χ4v) is 6.62. The molecule has 0 atom stereocenters. The van der Waals surface area contributed by atoms with Gasteiger partial charge >= 0.3 is 6.03 Å². The number of rotatable bonds is 9. The van der Waals surface area contributed by atoms with E-state index in [1.54, 1.807) is 59.5 Å². The quantitative estimate of drug-likeness (QED) is 0.124. The van der Waals surface area contributed by atoms with E-state index >= 15 is 0 Å². The standard InChI is InChI=1S/C32H32Cl2N6O3S/c33-27-12-13-29(30(34)20-27)25-9-5-11-28(19-25)44(42,43)37-40(22-24-8-4-10-26(18-24)31(35)36)32(41)39-16-14-38(15-17-39)21-23-6-2-1-3-7-23/h1-13,18-20,37H,14-17,21-22H2,(H3,35,36). The third-order valence-corrected chi connectivity index (χ3v) is 9.20. The lowest BCUT2D eigenvalue weighted by atomic mass is 10.1. The van der Waals surface area contributed by atoms with Crippen LogP contribution in [0.4, 0.5) is 4.79 Å². The van der Waals surface area contributed by atoms with Gasteiger partial charge in [-0.15, -0.1) is 4.83 Å². The number of hydrazine groups is 1. The Balaban J connectivity index is 1.38. The lowest BCUT2D eigenvalue weighted by molar-refractivity contribution is 0.102. The number of nitrogens with two attached hydrogens (primary N) is 1. The molecule has 0 spiro atoms. The molecule has 1 aliphatic rings. The van der Waals surface area contributed by atoms with Crippen molar-refractivity contribution in [2.75, 3.05) is 26.2 Å². The van der Waals surface area contributed by atoms with Crippen LogP contribution in [0.3, 0.4) is 0 Å². The van der Waals surface area contributed by atoms with Crippen molar-refractivity contribution in [2.24, 2.45) is 5.73 Å². The van der Waals surface area contributed by atoms with Gasteiger partial charge in [-0.05, 0) is 47.0 Å². The maximum atomic E-state index is 13.9. The Morgan fingerprint density at radius 2 is 1.57 bits per heavy atom. The number of urea groups is 1. The number of carbonyl (C=O) groups excluding carboxylic acids is 1. The van der Waals surface area contributed by atoms with Crippen molar-refractivity contribution in [1.29, 1.82) is 5.41 Å². The van der Waals surface area contributed by atoms with Gasteiger partial charge in [0.15, 0.2) is 0 Å². The molecule has 5 rings (SSSR count). The van der Waals surface area contributed by atoms with Crippen LogP contribution in [0, 0.1) is 5.41 Å². The summed E-state index contributed by atoms with van der Waals surface area (Å²) in [5, 5.41) is 9.74. The van der Waals surface area contributed by atoms with E-state index in [1.807, 2.05) is 18.2 Å². The van der Waals surface area contributed by atoms with E-state index in [9.17, 15) is 13.2 Å². The maximum Gasteiger partial charge on any atom is 0.335 e. The number of piperazine rings is 1. The van der Waals surface area contributed by atoms with Gasteiger partial charge in [-0.2, -0.15) is 0 Å². The van der Waals surface area contributed by atoms with Crippen LogP contribution >= 0.6 is 23.2 Å². The highest BCUT2D eigenvalue weighted by Gasteiger charge is 2.29. The first-order chi connectivity index (χ1) is 21.1. The van der Waals surface area contributed by atoms with Crippen molar-refractivity contribution >= 4 is 45.1 Å². The number of hydrogen-bond donors (Lipinski definition) is 3. The molecule has 4 aromatic carbocycles. The van der Waals surface area contributed by atoms with E-state index in [-0.39, 0.29) is 17.3 Å². The van der Waals surface area contributed by atoms with Crippen molar-refractivity contribution < 1.29 is 13.2 Å². The highest BCUT2D eigenvalue weighted by molar-refractivity contribution is 7.89. The molecule has 9 nitrogen and oxygen atoms in total. The molecule has 0 aliphatic carbocycles. The Labute approximate surface area is 267 Å². The minimum Gasteiger partial charge on any atom is -0.384 e. The smallest absolute Gasteiger partial charge is 0.335 e. The van der Waals surface area contributed by atoms with Gasteiger partial charge in [0.05, 0.1) is 11.4 Å². The molecular weight excluding hydrogens is 619 g/mol. The van der Waals surface area contributed by atoms with E-state index in [1.165, 1.54) is 17.7 Å². The summed E-state index contributed by atoms with van der Waals surface area (Å²) in [5.41, 5.74) is 9.15. The van der Waals surface area contributed by atoms with Crippen LogP contribution in [0.15, 0.2) is 102 Å². The van der Waals surface area contributed by atoms with E-state index in [2.05, 4.69) is 21.9 Å². The molecule has 1 heterocycles. The number of nitrogen functional groups attached to an aromatic ring is 1. The fourth-order valence-electron chi connectivity index (χ4n) is 5.02. The number of nitrogens with one attached hydrogen (secondary N) is 2. The van der Waals surface area contributed by atoms with E-state index in [4.69, 9.17) is 34.3 Å². The summed E-state index contributed by atoms with van der Waals surface area (Å²) >= 11 is 12.4. The van der Waals surface area contributed by atoms with Gasteiger partial charge in [0.2, 0.25) is 0 Å². The third-order valence-electron chi connectivity index (χ3n) is 7.32. The molecular formula is C32H32Cl2N6O3S. The minimum atomic E-state index is -4.21. The zero-order valence-corrected chi connectivity index (χ0v) is 26.1. The molecule has 0 saturated carbocycles. The lowest BCUT2D eigenvalue weighted by Crippen LogP contribution is -2.56. The number of halogens is 2. The van der Waals surface area contributed by atoms with Gasteiger partial charge in [-0.25, -0.2) is 18.2 Å². The Bertz CT molecular complexity index is 1760. The highest BCUT2D eigenvalue weighted by atomic mass is 35.5. The van der Waals surface area contributed by atoms with Gasteiger partial charge in [-0.1, -0.05) is 89.9 Å². The van der Waals surface area contributed by atoms with Gasteiger partial charge in [-0.3, -0.25) is 10.3 Å². The molecule has 0 aromatic heterocycles. The van der Waals surface area contributed by atoms with Crippen molar-refractivity contribution in [3.05, 3.63) is 124 Å². The first-order valence-electron chi connectivity index (χ1n) is 13.9. The summed E-state index contributed by atoms with van der Waals surface area (Å²) in [5.74, 6) is -0.127. The largest absolute Gasteiger partial charge is 0.384 e. The Kier molecular flexibility index (Phi) is 9.87. The molecule has 4 aromatic rings. The van der Waals surface area contributed by atoms with E-state index < -0.39 is 16.1 Å². The Hall–Kier alpha value is -3.93. The van der Waals surface area contributed by atoms with Crippen LogP contribution in [-0.4, -0.2) is 61.3 Å². The number of amidine groups is 1. The van der Waals surface area contributed by atoms with Crippen LogP contribution in [0.2, 0.25) is 10.0 Å². The molecule has 0 radical (unpaired) electrons. The maximum absolute atomic E-state index is 13.9. The van der Waals surface area contributed by atoms with Crippen LogP contribution in [0.25, 0.3) is 11.1 Å². The highest BCUT2D eigenvalue weighted by Crippen LogP contribution is 2.31. The molecule has 0 unspecified atom stereocenters. The molecule has 0 bridgehead atoms. The van der Waals surface area contributed by atoms with Crippen LogP contribution < -0.4 is 10.6 Å². The number of amides is 2. The number of sulfonamides is 1. The van der Waals surface area contributed by atoms with Crippen LogP contribution in [0.1, 0.15) is 16.7 Å². The minimum absolute atomic E-state index is 0.0380. The first-order valence-corrected chi connectivity index (χ1v) is 16.2. The predicted octanol–water partition coefficient (Wildman–Crippen LogP) is 5.58. The van der Waals surface area contributed by atoms with Gasteiger partial charge in [0.1, 0.15) is 5.84 Å². The average Bonchev–Trinajstić information content (AvgIpc) is 3.01. The number of hydrogen-bond acceptors (Lipinski definition) is 5. The lowest BCUT2D eigenvalue weighted by Gasteiger charge is -2.37. The van der Waals surface area contributed by atoms with Crippen LogP contribution in [0.5, 0.6) is 0 Å². The predicted molar refractivity (Wildman–Crippen MR) is 174 cm³/mol. The molecule has 1 aliphatic heterocycles. The zero-order valence-electron chi connectivity index (χ0n) is 23.8. The van der Waals surface area contributed by atoms with Crippen molar-refractivity contribution in [1.82, 2.24) is 19.6 Å². The molecule has 2 amide bonds. The monoisotopic (exact) mass is 650 g/mol. The SMILES string of the molecule is N=C(N)c1cccc(CN(NS(=O)(=O)c2cccc(-c3ccc(Cl)cc3Cl)c2)C(=O)N2CCN(Cc3ccccc3)CC2)c1. The van der Waals surface area contributed by atoms with Crippen molar-refractivity contribution in [3.63, 3.8) is 0 Å². The summed E-state index contributed by atoms with van der Waals surface area (Å²) in [6.45, 7) is 2.84. The molecule has 44 heavy (non-hydrogen) atoms. The van der Waals surface area contributed by atoms with Gasteiger partial charge in [0.25, 0.3) is 10.0 Å². The second-order valence-electron chi connectivity index (χ2n) is 10.5. The molecule has 12 heteroatoms. The second kappa shape index (κ2) is 13.8. The summed E-state index contributed by atoms with van der Waals surface area (Å²) in [4.78, 5) is 20.3. The molecule has 1 fully saturated rings. The molecule has 4 N–H and O–H groups in total. The number of nitrogens with zero attached hydrogens (tertiary/aromatic N) is 3. The van der Waals surface area contributed by atoms with E-state index in [0.717, 1.165) is 11.6 Å².